The number of carbonyl (C=O) groups excluding carboxylic acids is 2. The van der Waals surface area contributed by atoms with Crippen LogP contribution in [-0.2, 0) is 16.0 Å². The Morgan fingerprint density at radius 2 is 1.70 bits per heavy atom. The standard InChI is InChI=1S/C19H28N2O2/c1-3-20(4-2)19(23)17-12-14-21(15-13-17)18(22)11-10-16-8-6-5-7-9-16/h5-9,17H,3-4,10-15H2,1-2H3. The van der Waals surface area contributed by atoms with Gasteiger partial charge in [0.25, 0.3) is 0 Å². The molecule has 1 aliphatic rings. The van der Waals surface area contributed by atoms with Gasteiger partial charge in [-0.1, -0.05) is 30.3 Å². The van der Waals surface area contributed by atoms with Gasteiger partial charge in [-0.3, -0.25) is 9.59 Å². The Hall–Kier alpha value is -1.84. The normalized spacial score (nSPS) is 15.5. The Morgan fingerprint density at radius 3 is 2.26 bits per heavy atom. The van der Waals surface area contributed by atoms with Crippen molar-refractivity contribution >= 4 is 11.8 Å². The molecule has 0 spiro atoms. The largest absolute Gasteiger partial charge is 0.343 e. The molecule has 0 saturated carbocycles. The van der Waals surface area contributed by atoms with Gasteiger partial charge in [-0.05, 0) is 38.7 Å². The van der Waals surface area contributed by atoms with Gasteiger partial charge in [0.1, 0.15) is 0 Å². The maximum Gasteiger partial charge on any atom is 0.225 e. The van der Waals surface area contributed by atoms with Crippen molar-refractivity contribution in [3.8, 4) is 0 Å². The highest BCUT2D eigenvalue weighted by atomic mass is 16.2. The highest BCUT2D eigenvalue weighted by Crippen LogP contribution is 2.20. The smallest absolute Gasteiger partial charge is 0.225 e. The third-order valence-corrected chi connectivity index (χ3v) is 4.74. The molecule has 1 aromatic rings. The van der Waals surface area contributed by atoms with Crippen LogP contribution >= 0.6 is 0 Å². The lowest BCUT2D eigenvalue weighted by Crippen LogP contribution is -2.44. The van der Waals surface area contributed by atoms with Gasteiger partial charge in [0, 0.05) is 38.5 Å². The van der Waals surface area contributed by atoms with Crippen LogP contribution in [0.25, 0.3) is 0 Å². The molecule has 1 aromatic carbocycles. The Kier molecular flexibility index (Phi) is 6.63. The first kappa shape index (κ1) is 17.5. The second-order valence-electron chi connectivity index (χ2n) is 6.15. The Balaban J connectivity index is 1.77. The average molecular weight is 316 g/mol. The second-order valence-corrected chi connectivity index (χ2v) is 6.15. The lowest BCUT2D eigenvalue weighted by Gasteiger charge is -2.33. The molecule has 0 radical (unpaired) electrons. The predicted octanol–water partition coefficient (Wildman–Crippen LogP) is 2.73. The summed E-state index contributed by atoms with van der Waals surface area (Å²) in [6.45, 7) is 7.00. The van der Waals surface area contributed by atoms with E-state index in [4.69, 9.17) is 0 Å². The molecular weight excluding hydrogens is 288 g/mol. The zero-order valence-corrected chi connectivity index (χ0v) is 14.3. The van der Waals surface area contributed by atoms with Crippen molar-refractivity contribution in [2.45, 2.75) is 39.5 Å². The number of aryl methyl sites for hydroxylation is 1. The minimum absolute atomic E-state index is 0.0908. The molecule has 23 heavy (non-hydrogen) atoms. The van der Waals surface area contributed by atoms with Crippen molar-refractivity contribution in [1.82, 2.24) is 9.80 Å². The summed E-state index contributed by atoms with van der Waals surface area (Å²) in [4.78, 5) is 28.5. The number of likely N-dealkylation sites (tertiary alicyclic amines) is 1. The van der Waals surface area contributed by atoms with E-state index in [1.54, 1.807) is 0 Å². The predicted molar refractivity (Wildman–Crippen MR) is 92.0 cm³/mol. The summed E-state index contributed by atoms with van der Waals surface area (Å²) < 4.78 is 0. The lowest BCUT2D eigenvalue weighted by atomic mass is 9.94. The zero-order chi connectivity index (χ0) is 16.7. The molecule has 1 heterocycles. The molecule has 0 N–H and O–H groups in total. The van der Waals surface area contributed by atoms with Crippen LogP contribution in [0.4, 0.5) is 0 Å². The summed E-state index contributed by atoms with van der Waals surface area (Å²) in [6.07, 6.45) is 2.94. The van der Waals surface area contributed by atoms with Crippen molar-refractivity contribution in [2.75, 3.05) is 26.2 Å². The van der Waals surface area contributed by atoms with E-state index in [2.05, 4.69) is 12.1 Å². The Labute approximate surface area is 139 Å². The number of hydrogen-bond acceptors (Lipinski definition) is 2. The fourth-order valence-electron chi connectivity index (χ4n) is 3.22. The minimum atomic E-state index is 0.0908. The van der Waals surface area contributed by atoms with Crippen LogP contribution in [0.3, 0.4) is 0 Å². The first-order valence-corrected chi connectivity index (χ1v) is 8.76. The molecule has 0 bridgehead atoms. The minimum Gasteiger partial charge on any atom is -0.343 e. The number of benzene rings is 1. The molecule has 0 aromatic heterocycles. The van der Waals surface area contributed by atoms with E-state index in [1.807, 2.05) is 41.8 Å². The van der Waals surface area contributed by atoms with E-state index in [1.165, 1.54) is 5.56 Å². The molecular formula is C19H28N2O2. The fourth-order valence-corrected chi connectivity index (χ4v) is 3.22. The summed E-state index contributed by atoms with van der Waals surface area (Å²) >= 11 is 0. The summed E-state index contributed by atoms with van der Waals surface area (Å²) in [6, 6.07) is 10.1. The van der Waals surface area contributed by atoms with Crippen molar-refractivity contribution in [3.63, 3.8) is 0 Å². The van der Waals surface area contributed by atoms with Crippen LogP contribution in [0.15, 0.2) is 30.3 Å². The monoisotopic (exact) mass is 316 g/mol. The number of carbonyl (C=O) groups is 2. The van der Waals surface area contributed by atoms with Crippen LogP contribution in [0.1, 0.15) is 38.7 Å². The second kappa shape index (κ2) is 8.70. The Bertz CT molecular complexity index is 503. The van der Waals surface area contributed by atoms with E-state index in [9.17, 15) is 9.59 Å². The number of rotatable bonds is 6. The van der Waals surface area contributed by atoms with E-state index in [0.717, 1.165) is 32.4 Å². The van der Waals surface area contributed by atoms with Gasteiger partial charge in [0.15, 0.2) is 0 Å². The number of amides is 2. The zero-order valence-electron chi connectivity index (χ0n) is 14.3. The molecule has 126 valence electrons. The Morgan fingerprint density at radius 1 is 1.09 bits per heavy atom. The molecule has 2 amide bonds. The number of hydrogen-bond donors (Lipinski definition) is 0. The van der Waals surface area contributed by atoms with Crippen molar-refractivity contribution in [1.29, 1.82) is 0 Å². The summed E-state index contributed by atoms with van der Waals surface area (Å²) in [5.41, 5.74) is 1.20. The van der Waals surface area contributed by atoms with E-state index >= 15 is 0 Å². The SMILES string of the molecule is CCN(CC)C(=O)C1CCN(C(=O)CCc2ccccc2)CC1. The average Bonchev–Trinajstić information content (AvgIpc) is 2.61. The summed E-state index contributed by atoms with van der Waals surface area (Å²) in [5.74, 6) is 0.557. The van der Waals surface area contributed by atoms with Crippen LogP contribution in [0.2, 0.25) is 0 Å². The number of nitrogens with zero attached hydrogens (tertiary/aromatic N) is 2. The molecule has 0 aliphatic carbocycles. The molecule has 2 rings (SSSR count). The molecule has 0 unspecified atom stereocenters. The molecule has 4 heteroatoms. The molecule has 0 atom stereocenters. The molecule has 1 fully saturated rings. The van der Waals surface area contributed by atoms with E-state index < -0.39 is 0 Å². The summed E-state index contributed by atoms with van der Waals surface area (Å²) in [7, 11) is 0. The van der Waals surface area contributed by atoms with Crippen LogP contribution in [-0.4, -0.2) is 47.8 Å². The van der Waals surface area contributed by atoms with Gasteiger partial charge in [-0.2, -0.15) is 0 Å². The van der Waals surface area contributed by atoms with Gasteiger partial charge in [-0.25, -0.2) is 0 Å². The van der Waals surface area contributed by atoms with Gasteiger partial charge >= 0.3 is 0 Å². The maximum absolute atomic E-state index is 12.4. The van der Waals surface area contributed by atoms with Crippen molar-refractivity contribution in [3.05, 3.63) is 35.9 Å². The van der Waals surface area contributed by atoms with Gasteiger partial charge in [0.05, 0.1) is 0 Å². The van der Waals surface area contributed by atoms with Crippen LogP contribution < -0.4 is 0 Å². The fraction of sp³-hybridized carbons (Fsp3) is 0.579. The lowest BCUT2D eigenvalue weighted by molar-refractivity contribution is -0.140. The first-order chi connectivity index (χ1) is 11.2. The van der Waals surface area contributed by atoms with E-state index in [0.29, 0.717) is 19.5 Å². The quantitative estimate of drug-likeness (QED) is 0.809. The molecule has 1 aliphatic heterocycles. The van der Waals surface area contributed by atoms with Crippen LogP contribution in [0.5, 0.6) is 0 Å². The number of piperidine rings is 1. The third-order valence-electron chi connectivity index (χ3n) is 4.74. The van der Waals surface area contributed by atoms with Crippen molar-refractivity contribution < 1.29 is 9.59 Å². The van der Waals surface area contributed by atoms with Crippen LogP contribution in [0, 0.1) is 5.92 Å². The van der Waals surface area contributed by atoms with Crippen molar-refractivity contribution in [2.24, 2.45) is 5.92 Å². The van der Waals surface area contributed by atoms with Gasteiger partial charge in [-0.15, -0.1) is 0 Å². The van der Waals surface area contributed by atoms with E-state index in [-0.39, 0.29) is 17.7 Å². The highest BCUT2D eigenvalue weighted by molar-refractivity contribution is 5.80. The third kappa shape index (κ3) is 4.81. The summed E-state index contributed by atoms with van der Waals surface area (Å²) in [5, 5.41) is 0. The molecule has 4 nitrogen and oxygen atoms in total. The van der Waals surface area contributed by atoms with Gasteiger partial charge < -0.3 is 9.80 Å². The molecule has 1 saturated heterocycles. The highest BCUT2D eigenvalue weighted by Gasteiger charge is 2.29. The maximum atomic E-state index is 12.4. The topological polar surface area (TPSA) is 40.6 Å². The van der Waals surface area contributed by atoms with Gasteiger partial charge in [0.2, 0.25) is 11.8 Å². The first-order valence-electron chi connectivity index (χ1n) is 8.76.